The molecule has 0 aromatic heterocycles. The van der Waals surface area contributed by atoms with Crippen molar-refractivity contribution in [3.63, 3.8) is 0 Å². The quantitative estimate of drug-likeness (QED) is 0.803. The fourth-order valence-corrected chi connectivity index (χ4v) is 3.21. The summed E-state index contributed by atoms with van der Waals surface area (Å²) in [6, 6.07) is 3.09. The Bertz CT molecular complexity index is 495. The van der Waals surface area contributed by atoms with Gasteiger partial charge in [-0.3, -0.25) is 0 Å². The summed E-state index contributed by atoms with van der Waals surface area (Å²) < 4.78 is 28.0. The first-order valence-electron chi connectivity index (χ1n) is 7.62. The lowest BCUT2D eigenvalue weighted by molar-refractivity contribution is 0.304. The van der Waals surface area contributed by atoms with Gasteiger partial charge in [0.25, 0.3) is 0 Å². The summed E-state index contributed by atoms with van der Waals surface area (Å²) in [6.07, 6.45) is 2.01. The first-order chi connectivity index (χ1) is 9.97. The van der Waals surface area contributed by atoms with Crippen LogP contribution in [0, 0.1) is 17.6 Å². The Balaban J connectivity index is 2.31. The summed E-state index contributed by atoms with van der Waals surface area (Å²) >= 11 is 3.16. The van der Waals surface area contributed by atoms with Gasteiger partial charge in [-0.25, -0.2) is 8.78 Å². The Kier molecular flexibility index (Phi) is 5.60. The average molecular weight is 361 g/mol. The number of nitrogens with one attached hydrogen (secondary N) is 1. The molecule has 1 heterocycles. The molecule has 3 atom stereocenters. The molecule has 1 N–H and O–H groups in total. The third-order valence-corrected chi connectivity index (χ3v) is 5.16. The van der Waals surface area contributed by atoms with E-state index in [9.17, 15) is 8.78 Å². The molecule has 0 saturated carbocycles. The fraction of sp³-hybridized carbons (Fsp3) is 0.625. The summed E-state index contributed by atoms with van der Waals surface area (Å²) in [4.78, 5) is 2.09. The number of anilines is 1. The van der Waals surface area contributed by atoms with Gasteiger partial charge < -0.3 is 10.2 Å². The van der Waals surface area contributed by atoms with E-state index in [4.69, 9.17) is 0 Å². The van der Waals surface area contributed by atoms with Crippen LogP contribution in [-0.4, -0.2) is 25.2 Å². The molecule has 21 heavy (non-hydrogen) atoms. The van der Waals surface area contributed by atoms with Gasteiger partial charge in [-0.1, -0.05) is 27.2 Å². The molecular weight excluding hydrogens is 338 g/mol. The normalized spacial score (nSPS) is 24.2. The van der Waals surface area contributed by atoms with Crippen LogP contribution in [0.2, 0.25) is 0 Å². The Labute approximate surface area is 134 Å². The number of halogens is 3. The van der Waals surface area contributed by atoms with Crippen LogP contribution in [0.5, 0.6) is 0 Å². The third-order valence-electron chi connectivity index (χ3n) is 4.55. The number of hydrogen-bond acceptors (Lipinski definition) is 2. The van der Waals surface area contributed by atoms with Crippen molar-refractivity contribution in [3.8, 4) is 0 Å². The van der Waals surface area contributed by atoms with Crippen molar-refractivity contribution in [1.82, 2.24) is 5.32 Å². The second-order valence-electron chi connectivity index (χ2n) is 5.83. The van der Waals surface area contributed by atoms with E-state index < -0.39 is 11.6 Å². The number of nitrogens with zero attached hydrogens (tertiary/aromatic N) is 1. The summed E-state index contributed by atoms with van der Waals surface area (Å²) in [7, 11) is 0. The first kappa shape index (κ1) is 16.7. The van der Waals surface area contributed by atoms with Crippen molar-refractivity contribution in [2.45, 2.75) is 45.7 Å². The second kappa shape index (κ2) is 7.05. The number of benzene rings is 1. The second-order valence-corrected chi connectivity index (χ2v) is 6.69. The highest BCUT2D eigenvalue weighted by molar-refractivity contribution is 9.10. The van der Waals surface area contributed by atoms with Crippen molar-refractivity contribution >= 4 is 21.6 Å². The maximum Gasteiger partial charge on any atom is 0.149 e. The maximum atomic E-state index is 14.2. The van der Waals surface area contributed by atoms with Crippen molar-refractivity contribution in [2.75, 3.05) is 18.0 Å². The standard InChI is InChI=1S/C16H23BrF2N2/c1-4-10(3)15-9-21(11(5-2)8-20-15)16-6-12(17)13(18)7-14(16)19/h6-7,10-11,15,20H,4-5,8-9H2,1-3H3. The molecule has 0 bridgehead atoms. The minimum atomic E-state index is -0.557. The highest BCUT2D eigenvalue weighted by Crippen LogP contribution is 2.30. The van der Waals surface area contributed by atoms with Gasteiger partial charge in [0.05, 0.1) is 10.2 Å². The summed E-state index contributed by atoms with van der Waals surface area (Å²) in [5.41, 5.74) is 0.491. The van der Waals surface area contributed by atoms with Gasteiger partial charge in [-0.15, -0.1) is 0 Å². The van der Waals surface area contributed by atoms with Gasteiger partial charge in [0.1, 0.15) is 11.6 Å². The van der Waals surface area contributed by atoms with Crippen molar-refractivity contribution in [2.24, 2.45) is 5.92 Å². The lowest BCUT2D eigenvalue weighted by atomic mass is 9.94. The Morgan fingerprint density at radius 2 is 2.05 bits per heavy atom. The zero-order valence-electron chi connectivity index (χ0n) is 12.8. The van der Waals surface area contributed by atoms with E-state index in [0.29, 0.717) is 22.1 Å². The number of piperazine rings is 1. The molecule has 1 aromatic rings. The van der Waals surface area contributed by atoms with Crippen molar-refractivity contribution in [3.05, 3.63) is 28.2 Å². The molecule has 1 aliphatic heterocycles. The molecule has 0 aliphatic carbocycles. The molecule has 3 unspecified atom stereocenters. The monoisotopic (exact) mass is 360 g/mol. The molecule has 2 rings (SSSR count). The molecule has 1 fully saturated rings. The largest absolute Gasteiger partial charge is 0.363 e. The third kappa shape index (κ3) is 3.57. The van der Waals surface area contributed by atoms with E-state index in [-0.39, 0.29) is 6.04 Å². The average Bonchev–Trinajstić information content (AvgIpc) is 2.49. The number of rotatable bonds is 4. The van der Waals surface area contributed by atoms with Crippen LogP contribution in [0.15, 0.2) is 16.6 Å². The molecule has 1 saturated heterocycles. The Morgan fingerprint density at radius 3 is 2.67 bits per heavy atom. The zero-order chi connectivity index (χ0) is 15.6. The van der Waals surface area contributed by atoms with Gasteiger partial charge >= 0.3 is 0 Å². The maximum absolute atomic E-state index is 14.2. The van der Waals surface area contributed by atoms with Crippen LogP contribution in [-0.2, 0) is 0 Å². The fourth-order valence-electron chi connectivity index (χ4n) is 2.88. The molecule has 5 heteroatoms. The number of hydrogen-bond donors (Lipinski definition) is 1. The summed E-state index contributed by atoms with van der Waals surface area (Å²) in [6.45, 7) is 8.05. The minimum Gasteiger partial charge on any atom is -0.363 e. The van der Waals surface area contributed by atoms with Crippen LogP contribution < -0.4 is 10.2 Å². The van der Waals surface area contributed by atoms with Gasteiger partial charge in [0.2, 0.25) is 0 Å². The van der Waals surface area contributed by atoms with Crippen LogP contribution in [0.1, 0.15) is 33.6 Å². The van der Waals surface area contributed by atoms with E-state index in [2.05, 4.69) is 46.9 Å². The Morgan fingerprint density at radius 1 is 1.33 bits per heavy atom. The predicted molar refractivity (Wildman–Crippen MR) is 86.7 cm³/mol. The predicted octanol–water partition coefficient (Wildman–Crippen LogP) is 4.33. The Hall–Kier alpha value is -0.680. The molecule has 118 valence electrons. The van der Waals surface area contributed by atoms with Crippen LogP contribution in [0.25, 0.3) is 0 Å². The highest BCUT2D eigenvalue weighted by Gasteiger charge is 2.31. The molecular formula is C16H23BrF2N2. The minimum absolute atomic E-state index is 0.233. The first-order valence-corrected chi connectivity index (χ1v) is 8.41. The van der Waals surface area contributed by atoms with E-state index in [0.717, 1.165) is 32.0 Å². The molecule has 1 aliphatic rings. The zero-order valence-corrected chi connectivity index (χ0v) is 14.4. The van der Waals surface area contributed by atoms with E-state index in [1.54, 1.807) is 6.07 Å². The molecule has 1 aromatic carbocycles. The van der Waals surface area contributed by atoms with Crippen LogP contribution in [0.3, 0.4) is 0 Å². The summed E-state index contributed by atoms with van der Waals surface area (Å²) in [5.74, 6) is -0.519. The van der Waals surface area contributed by atoms with Gasteiger partial charge in [-0.05, 0) is 34.3 Å². The van der Waals surface area contributed by atoms with E-state index in [1.807, 2.05) is 0 Å². The molecule has 0 radical (unpaired) electrons. The molecule has 0 spiro atoms. The topological polar surface area (TPSA) is 15.3 Å². The lowest BCUT2D eigenvalue weighted by Crippen LogP contribution is -2.58. The smallest absolute Gasteiger partial charge is 0.149 e. The lowest BCUT2D eigenvalue weighted by Gasteiger charge is -2.43. The molecule has 0 amide bonds. The van der Waals surface area contributed by atoms with Crippen molar-refractivity contribution in [1.29, 1.82) is 0 Å². The van der Waals surface area contributed by atoms with Crippen molar-refractivity contribution < 1.29 is 8.78 Å². The van der Waals surface area contributed by atoms with Gasteiger partial charge in [0.15, 0.2) is 0 Å². The SMILES string of the molecule is CCC(C)C1CN(c2cc(Br)c(F)cc2F)C(CC)CN1. The van der Waals surface area contributed by atoms with E-state index >= 15 is 0 Å². The summed E-state index contributed by atoms with van der Waals surface area (Å²) in [5, 5.41) is 3.57. The molecule has 2 nitrogen and oxygen atoms in total. The van der Waals surface area contributed by atoms with Gasteiger partial charge in [-0.2, -0.15) is 0 Å². The van der Waals surface area contributed by atoms with E-state index in [1.165, 1.54) is 0 Å². The van der Waals surface area contributed by atoms with Crippen LogP contribution in [0.4, 0.5) is 14.5 Å². The van der Waals surface area contributed by atoms with Crippen LogP contribution >= 0.6 is 15.9 Å². The van der Waals surface area contributed by atoms with Gasteiger partial charge in [0, 0.05) is 31.2 Å². The highest BCUT2D eigenvalue weighted by atomic mass is 79.9.